The Morgan fingerprint density at radius 1 is 1.36 bits per heavy atom. The smallest absolute Gasteiger partial charge is 0.0544 e. The maximum absolute atomic E-state index is 5.27. The van der Waals surface area contributed by atoms with Gasteiger partial charge in [-0.05, 0) is 18.8 Å². The molecule has 11 heavy (non-hydrogen) atoms. The largest absolute Gasteiger partial charge is 0.380 e. The van der Waals surface area contributed by atoms with Crippen LogP contribution in [0, 0.1) is 11.3 Å². The highest BCUT2D eigenvalue weighted by molar-refractivity contribution is 4.85. The van der Waals surface area contributed by atoms with E-state index in [1.807, 2.05) is 0 Å². The molecule has 0 spiro atoms. The van der Waals surface area contributed by atoms with E-state index in [9.17, 15) is 0 Å². The van der Waals surface area contributed by atoms with Crippen molar-refractivity contribution in [2.24, 2.45) is 11.3 Å². The zero-order chi connectivity index (χ0) is 8.32. The molecule has 1 heterocycles. The Kier molecular flexibility index (Phi) is 2.94. The van der Waals surface area contributed by atoms with Gasteiger partial charge in [-0.15, -0.1) is 0 Å². The fraction of sp³-hybridized carbons (Fsp3) is 1.00. The third-order valence-electron chi connectivity index (χ3n) is 3.04. The molecule has 1 nitrogen and oxygen atoms in total. The molecule has 1 aliphatic heterocycles. The summed E-state index contributed by atoms with van der Waals surface area (Å²) in [6.07, 6.45) is 3.96. The Balaban J connectivity index is 2.32. The molecule has 1 atom stereocenters. The first-order chi connectivity index (χ1) is 5.22. The fourth-order valence-electron chi connectivity index (χ4n) is 1.74. The second kappa shape index (κ2) is 3.57. The van der Waals surface area contributed by atoms with Crippen LogP contribution in [0.15, 0.2) is 0 Å². The molecule has 0 aromatic rings. The van der Waals surface area contributed by atoms with Crippen LogP contribution in [0.5, 0.6) is 0 Å². The molecule has 0 N–H and O–H groups in total. The van der Waals surface area contributed by atoms with Gasteiger partial charge in [0.2, 0.25) is 0 Å². The van der Waals surface area contributed by atoms with E-state index in [4.69, 9.17) is 4.74 Å². The third kappa shape index (κ3) is 1.96. The van der Waals surface area contributed by atoms with Crippen molar-refractivity contribution in [3.05, 3.63) is 0 Å². The first-order valence-corrected chi connectivity index (χ1v) is 4.80. The second-order valence-electron chi connectivity index (χ2n) is 4.06. The summed E-state index contributed by atoms with van der Waals surface area (Å²) in [6, 6.07) is 0. The van der Waals surface area contributed by atoms with Gasteiger partial charge >= 0.3 is 0 Å². The summed E-state index contributed by atoms with van der Waals surface area (Å²) in [5.74, 6) is 0.874. The molecule has 0 aliphatic carbocycles. The van der Waals surface area contributed by atoms with E-state index in [1.54, 1.807) is 0 Å². The highest BCUT2D eigenvalue weighted by Gasteiger charge is 2.37. The Labute approximate surface area is 70.1 Å². The van der Waals surface area contributed by atoms with Crippen molar-refractivity contribution >= 4 is 0 Å². The highest BCUT2D eigenvalue weighted by Crippen LogP contribution is 2.38. The first-order valence-electron chi connectivity index (χ1n) is 4.80. The van der Waals surface area contributed by atoms with E-state index < -0.39 is 0 Å². The minimum Gasteiger partial charge on any atom is -0.380 e. The van der Waals surface area contributed by atoms with E-state index >= 15 is 0 Å². The molecule has 1 rings (SSSR count). The molecular weight excluding hydrogens is 136 g/mol. The molecule has 0 amide bonds. The quantitative estimate of drug-likeness (QED) is 0.608. The Bertz CT molecular complexity index is 111. The average molecular weight is 156 g/mol. The molecule has 1 heteroatoms. The lowest BCUT2D eigenvalue weighted by Crippen LogP contribution is -2.43. The van der Waals surface area contributed by atoms with Gasteiger partial charge < -0.3 is 4.74 Å². The van der Waals surface area contributed by atoms with Crippen molar-refractivity contribution in [2.75, 3.05) is 13.2 Å². The topological polar surface area (TPSA) is 9.23 Å². The van der Waals surface area contributed by atoms with Gasteiger partial charge in [0.1, 0.15) is 0 Å². The molecule has 0 bridgehead atoms. The minimum absolute atomic E-state index is 0.565. The lowest BCUT2D eigenvalue weighted by Gasteiger charge is -2.42. The summed E-state index contributed by atoms with van der Waals surface area (Å²) < 4.78 is 5.27. The van der Waals surface area contributed by atoms with E-state index in [0.717, 1.165) is 19.1 Å². The van der Waals surface area contributed by atoms with Gasteiger partial charge in [-0.3, -0.25) is 0 Å². The summed E-state index contributed by atoms with van der Waals surface area (Å²) in [4.78, 5) is 0. The standard InChI is InChI=1S/C10H20O/c1-4-9(3)6-10(5-2)7-11-8-10/h9H,4-8H2,1-3H3. The van der Waals surface area contributed by atoms with Crippen molar-refractivity contribution in [2.45, 2.75) is 40.0 Å². The van der Waals surface area contributed by atoms with E-state index in [1.165, 1.54) is 19.3 Å². The summed E-state index contributed by atoms with van der Waals surface area (Å²) in [5.41, 5.74) is 0.565. The van der Waals surface area contributed by atoms with Crippen LogP contribution in [-0.4, -0.2) is 13.2 Å². The van der Waals surface area contributed by atoms with Gasteiger partial charge in [0.15, 0.2) is 0 Å². The number of rotatable bonds is 4. The summed E-state index contributed by atoms with van der Waals surface area (Å²) in [7, 11) is 0. The minimum atomic E-state index is 0.565. The molecule has 1 fully saturated rings. The van der Waals surface area contributed by atoms with Crippen LogP contribution in [0.25, 0.3) is 0 Å². The molecular formula is C10H20O. The third-order valence-corrected chi connectivity index (χ3v) is 3.04. The number of hydrogen-bond donors (Lipinski definition) is 0. The van der Waals surface area contributed by atoms with Crippen molar-refractivity contribution in [3.63, 3.8) is 0 Å². The highest BCUT2D eigenvalue weighted by atomic mass is 16.5. The molecule has 0 aromatic carbocycles. The van der Waals surface area contributed by atoms with Crippen molar-refractivity contribution in [1.29, 1.82) is 0 Å². The van der Waals surface area contributed by atoms with Crippen LogP contribution in [0.4, 0.5) is 0 Å². The predicted octanol–water partition coefficient (Wildman–Crippen LogP) is 2.85. The summed E-state index contributed by atoms with van der Waals surface area (Å²) in [6.45, 7) is 8.91. The fourth-order valence-corrected chi connectivity index (χ4v) is 1.74. The van der Waals surface area contributed by atoms with E-state index in [2.05, 4.69) is 20.8 Å². The van der Waals surface area contributed by atoms with Gasteiger partial charge in [0.05, 0.1) is 13.2 Å². The van der Waals surface area contributed by atoms with Gasteiger partial charge in [-0.2, -0.15) is 0 Å². The summed E-state index contributed by atoms with van der Waals surface area (Å²) in [5, 5.41) is 0. The van der Waals surface area contributed by atoms with Crippen LogP contribution in [0.2, 0.25) is 0 Å². The van der Waals surface area contributed by atoms with Crippen LogP contribution in [0.3, 0.4) is 0 Å². The SMILES string of the molecule is CCC(C)CC1(CC)COC1. The number of ether oxygens (including phenoxy) is 1. The maximum atomic E-state index is 5.27. The lowest BCUT2D eigenvalue weighted by molar-refractivity contribution is -0.125. The molecule has 1 unspecified atom stereocenters. The van der Waals surface area contributed by atoms with Crippen LogP contribution in [0.1, 0.15) is 40.0 Å². The first kappa shape index (κ1) is 9.05. The lowest BCUT2D eigenvalue weighted by atomic mass is 9.75. The average Bonchev–Trinajstić information content (AvgIpc) is 1.96. The van der Waals surface area contributed by atoms with Crippen LogP contribution < -0.4 is 0 Å². The van der Waals surface area contributed by atoms with Crippen LogP contribution in [-0.2, 0) is 4.74 Å². The Morgan fingerprint density at radius 2 is 2.00 bits per heavy atom. The van der Waals surface area contributed by atoms with E-state index in [-0.39, 0.29) is 0 Å². The number of hydrogen-bond acceptors (Lipinski definition) is 1. The molecule has 66 valence electrons. The molecule has 0 aromatic heterocycles. The van der Waals surface area contributed by atoms with Crippen molar-refractivity contribution < 1.29 is 4.74 Å². The van der Waals surface area contributed by atoms with Gasteiger partial charge in [0, 0.05) is 5.41 Å². The monoisotopic (exact) mass is 156 g/mol. The summed E-state index contributed by atoms with van der Waals surface area (Å²) >= 11 is 0. The zero-order valence-electron chi connectivity index (χ0n) is 8.02. The van der Waals surface area contributed by atoms with Crippen molar-refractivity contribution in [1.82, 2.24) is 0 Å². The normalized spacial score (nSPS) is 24.3. The maximum Gasteiger partial charge on any atom is 0.0544 e. The van der Waals surface area contributed by atoms with Gasteiger partial charge in [-0.25, -0.2) is 0 Å². The molecule has 0 saturated carbocycles. The molecule has 1 saturated heterocycles. The second-order valence-corrected chi connectivity index (χ2v) is 4.06. The molecule has 1 aliphatic rings. The van der Waals surface area contributed by atoms with Crippen molar-refractivity contribution in [3.8, 4) is 0 Å². The Hall–Kier alpha value is -0.0400. The Morgan fingerprint density at radius 3 is 2.27 bits per heavy atom. The van der Waals surface area contributed by atoms with Gasteiger partial charge in [0.25, 0.3) is 0 Å². The predicted molar refractivity (Wildman–Crippen MR) is 47.6 cm³/mol. The van der Waals surface area contributed by atoms with E-state index in [0.29, 0.717) is 5.41 Å². The van der Waals surface area contributed by atoms with Crippen LogP contribution >= 0.6 is 0 Å². The van der Waals surface area contributed by atoms with Gasteiger partial charge in [-0.1, -0.05) is 27.2 Å². The molecule has 0 radical (unpaired) electrons. The zero-order valence-corrected chi connectivity index (χ0v) is 8.02.